The number of anilines is 1. The van der Waals surface area contributed by atoms with E-state index in [1.807, 2.05) is 13.8 Å². The maximum Gasteiger partial charge on any atom is 0.253 e. The van der Waals surface area contributed by atoms with Crippen LogP contribution in [0.15, 0.2) is 48.5 Å². The molecule has 0 saturated heterocycles. The first-order chi connectivity index (χ1) is 12.8. The summed E-state index contributed by atoms with van der Waals surface area (Å²) in [4.78, 5) is 25.6. The van der Waals surface area contributed by atoms with Gasteiger partial charge in [0.2, 0.25) is 5.91 Å². The maximum atomic E-state index is 13.1. The fraction of sp³-hybridized carbons (Fsp3) is 0.333. The topological polar surface area (TPSA) is 61.4 Å². The van der Waals surface area contributed by atoms with Gasteiger partial charge in [0.25, 0.3) is 5.91 Å². The summed E-state index contributed by atoms with van der Waals surface area (Å²) >= 11 is 0. The second kappa shape index (κ2) is 9.28. The van der Waals surface area contributed by atoms with Crippen molar-refractivity contribution >= 4 is 17.5 Å². The van der Waals surface area contributed by atoms with Crippen molar-refractivity contribution in [2.75, 3.05) is 26.0 Å². The van der Waals surface area contributed by atoms with E-state index in [0.29, 0.717) is 11.3 Å². The first kappa shape index (κ1) is 20.6. The number of halogens is 1. The molecular formula is C21H26FN3O2. The molecule has 0 aliphatic heterocycles. The van der Waals surface area contributed by atoms with Gasteiger partial charge in [0.1, 0.15) is 5.82 Å². The van der Waals surface area contributed by atoms with Gasteiger partial charge in [-0.2, -0.15) is 0 Å². The van der Waals surface area contributed by atoms with Crippen molar-refractivity contribution in [3.63, 3.8) is 0 Å². The van der Waals surface area contributed by atoms with Gasteiger partial charge in [-0.25, -0.2) is 4.39 Å². The molecule has 2 amide bonds. The maximum absolute atomic E-state index is 13.1. The lowest BCUT2D eigenvalue weighted by Gasteiger charge is -2.23. The molecule has 0 radical (unpaired) electrons. The highest BCUT2D eigenvalue weighted by Gasteiger charge is 2.17. The molecule has 0 heterocycles. The predicted molar refractivity (Wildman–Crippen MR) is 105 cm³/mol. The molecule has 0 saturated carbocycles. The summed E-state index contributed by atoms with van der Waals surface area (Å²) in [6.07, 6.45) is 0. The highest BCUT2D eigenvalue weighted by atomic mass is 19.1. The Labute approximate surface area is 159 Å². The van der Waals surface area contributed by atoms with Crippen molar-refractivity contribution in [2.45, 2.75) is 19.9 Å². The van der Waals surface area contributed by atoms with Crippen molar-refractivity contribution in [3.05, 3.63) is 65.5 Å². The molecule has 0 aliphatic carbocycles. The fourth-order valence-electron chi connectivity index (χ4n) is 2.77. The van der Waals surface area contributed by atoms with Gasteiger partial charge in [-0.3, -0.25) is 9.59 Å². The summed E-state index contributed by atoms with van der Waals surface area (Å²) in [6, 6.07) is 13.0. The summed E-state index contributed by atoms with van der Waals surface area (Å²) in [5.41, 5.74) is 2.12. The second-order valence-electron chi connectivity index (χ2n) is 6.98. The van der Waals surface area contributed by atoms with Crippen molar-refractivity contribution in [2.24, 2.45) is 5.92 Å². The van der Waals surface area contributed by atoms with E-state index in [0.717, 1.165) is 5.56 Å². The van der Waals surface area contributed by atoms with Gasteiger partial charge < -0.3 is 15.5 Å². The van der Waals surface area contributed by atoms with E-state index in [2.05, 4.69) is 10.6 Å². The summed E-state index contributed by atoms with van der Waals surface area (Å²) in [7, 11) is 3.38. The lowest BCUT2D eigenvalue weighted by atomic mass is 9.96. The molecule has 2 aromatic carbocycles. The van der Waals surface area contributed by atoms with Crippen LogP contribution in [0.1, 0.15) is 35.8 Å². The minimum atomic E-state index is -0.282. The Morgan fingerprint density at radius 2 is 1.59 bits per heavy atom. The summed E-state index contributed by atoms with van der Waals surface area (Å²) < 4.78 is 13.1. The molecular weight excluding hydrogens is 345 g/mol. The fourth-order valence-corrected chi connectivity index (χ4v) is 2.77. The Bertz CT molecular complexity index is 771. The van der Waals surface area contributed by atoms with E-state index in [1.165, 1.54) is 17.0 Å². The van der Waals surface area contributed by atoms with Crippen LogP contribution in [-0.2, 0) is 4.79 Å². The number of benzene rings is 2. The van der Waals surface area contributed by atoms with Crippen LogP contribution in [0.4, 0.5) is 10.1 Å². The molecule has 1 atom stereocenters. The summed E-state index contributed by atoms with van der Waals surface area (Å²) in [6.45, 7) is 4.21. The minimum Gasteiger partial charge on any atom is -0.345 e. The first-order valence-electron chi connectivity index (χ1n) is 8.88. The van der Waals surface area contributed by atoms with Gasteiger partial charge in [-0.15, -0.1) is 0 Å². The lowest BCUT2D eigenvalue weighted by molar-refractivity contribution is -0.115. The first-order valence-corrected chi connectivity index (χ1v) is 8.88. The Kier molecular flexibility index (Phi) is 7.07. The van der Waals surface area contributed by atoms with Crippen molar-refractivity contribution in [3.8, 4) is 0 Å². The monoisotopic (exact) mass is 371 g/mol. The molecule has 0 bridgehead atoms. The van der Waals surface area contributed by atoms with Gasteiger partial charge in [-0.1, -0.05) is 26.0 Å². The van der Waals surface area contributed by atoms with E-state index in [1.54, 1.807) is 50.5 Å². The van der Waals surface area contributed by atoms with Crippen molar-refractivity contribution in [1.29, 1.82) is 0 Å². The second-order valence-corrected chi connectivity index (χ2v) is 6.98. The standard InChI is InChI=1S/C21H26FN3O2/c1-14(2)20(15-5-9-17(22)10-6-15)23-13-19(26)24-18-11-7-16(8-12-18)21(27)25(3)4/h5-12,14,20,23H,13H2,1-4H3,(H,24,26). The third-order valence-electron chi connectivity index (χ3n) is 4.20. The molecule has 144 valence electrons. The number of nitrogens with zero attached hydrogens (tertiary/aromatic N) is 1. The zero-order chi connectivity index (χ0) is 20.0. The molecule has 2 N–H and O–H groups in total. The van der Waals surface area contributed by atoms with Crippen LogP contribution in [0.5, 0.6) is 0 Å². The van der Waals surface area contributed by atoms with Gasteiger partial charge in [0.15, 0.2) is 0 Å². The van der Waals surface area contributed by atoms with E-state index < -0.39 is 0 Å². The zero-order valence-electron chi connectivity index (χ0n) is 16.1. The van der Waals surface area contributed by atoms with E-state index in [4.69, 9.17) is 0 Å². The number of hydrogen-bond donors (Lipinski definition) is 2. The van der Waals surface area contributed by atoms with Crippen LogP contribution in [0.3, 0.4) is 0 Å². The van der Waals surface area contributed by atoms with E-state index >= 15 is 0 Å². The minimum absolute atomic E-state index is 0.0589. The molecule has 0 fully saturated rings. The van der Waals surface area contributed by atoms with Crippen LogP contribution in [0, 0.1) is 11.7 Å². The van der Waals surface area contributed by atoms with E-state index in [-0.39, 0.29) is 36.1 Å². The van der Waals surface area contributed by atoms with E-state index in [9.17, 15) is 14.0 Å². The summed E-state index contributed by atoms with van der Waals surface area (Å²) in [5, 5.41) is 6.03. The Hall–Kier alpha value is -2.73. The molecule has 27 heavy (non-hydrogen) atoms. The molecule has 5 nitrogen and oxygen atoms in total. The third kappa shape index (κ3) is 5.89. The highest BCUT2D eigenvalue weighted by Crippen LogP contribution is 2.21. The average Bonchev–Trinajstić information content (AvgIpc) is 2.63. The molecule has 6 heteroatoms. The number of hydrogen-bond acceptors (Lipinski definition) is 3. The highest BCUT2D eigenvalue weighted by molar-refractivity contribution is 5.96. The molecule has 2 rings (SSSR count). The largest absolute Gasteiger partial charge is 0.345 e. The quantitative estimate of drug-likeness (QED) is 0.784. The smallest absolute Gasteiger partial charge is 0.253 e. The van der Waals surface area contributed by atoms with Crippen LogP contribution < -0.4 is 10.6 Å². The number of rotatable bonds is 7. The third-order valence-corrected chi connectivity index (χ3v) is 4.20. The number of carbonyl (C=O) groups is 2. The molecule has 0 aromatic heterocycles. The van der Waals surface area contributed by atoms with Crippen molar-refractivity contribution in [1.82, 2.24) is 10.2 Å². The zero-order valence-corrected chi connectivity index (χ0v) is 16.1. The van der Waals surface area contributed by atoms with Crippen LogP contribution >= 0.6 is 0 Å². The molecule has 1 unspecified atom stereocenters. The Morgan fingerprint density at radius 3 is 2.11 bits per heavy atom. The summed E-state index contributed by atoms with van der Waals surface area (Å²) in [5.74, 6) is -0.321. The molecule has 0 aliphatic rings. The Balaban J connectivity index is 1.94. The SMILES string of the molecule is CC(C)C(NCC(=O)Nc1ccc(C(=O)N(C)C)cc1)c1ccc(F)cc1. The normalized spacial score (nSPS) is 11.9. The van der Waals surface area contributed by atoms with Crippen LogP contribution in [0.25, 0.3) is 0 Å². The number of amides is 2. The lowest BCUT2D eigenvalue weighted by Crippen LogP contribution is -2.33. The van der Waals surface area contributed by atoms with Crippen molar-refractivity contribution < 1.29 is 14.0 Å². The van der Waals surface area contributed by atoms with Gasteiger partial charge in [-0.05, 0) is 47.9 Å². The van der Waals surface area contributed by atoms with Gasteiger partial charge in [0, 0.05) is 31.4 Å². The number of carbonyl (C=O) groups excluding carboxylic acids is 2. The average molecular weight is 371 g/mol. The predicted octanol–water partition coefficient (Wildman–Crippen LogP) is 3.45. The van der Waals surface area contributed by atoms with Gasteiger partial charge >= 0.3 is 0 Å². The van der Waals surface area contributed by atoms with Crippen LogP contribution in [-0.4, -0.2) is 37.4 Å². The van der Waals surface area contributed by atoms with Gasteiger partial charge in [0.05, 0.1) is 6.54 Å². The number of nitrogens with one attached hydrogen (secondary N) is 2. The molecule has 2 aromatic rings. The Morgan fingerprint density at radius 1 is 1.00 bits per heavy atom. The van der Waals surface area contributed by atoms with Crippen LogP contribution in [0.2, 0.25) is 0 Å². The molecule has 0 spiro atoms.